The molecule has 0 radical (unpaired) electrons. The van der Waals surface area contributed by atoms with Crippen molar-refractivity contribution < 1.29 is 4.74 Å². The molecule has 130 valence electrons. The summed E-state index contributed by atoms with van der Waals surface area (Å²) in [4.78, 5) is 4.30. The molecule has 1 unspecified atom stereocenters. The molecular formula is C19H26IN3O. The van der Waals surface area contributed by atoms with E-state index in [4.69, 9.17) is 4.74 Å². The average Bonchev–Trinajstić information content (AvgIpc) is 2.60. The molecule has 2 aromatic rings. The Kier molecular flexibility index (Phi) is 9.41. The normalized spacial score (nSPS) is 12.2. The number of benzene rings is 2. The Morgan fingerprint density at radius 2 is 1.79 bits per heavy atom. The van der Waals surface area contributed by atoms with Gasteiger partial charge in [-0.2, -0.15) is 0 Å². The topological polar surface area (TPSA) is 45.7 Å². The van der Waals surface area contributed by atoms with Gasteiger partial charge in [0.15, 0.2) is 5.96 Å². The zero-order chi connectivity index (χ0) is 16.5. The van der Waals surface area contributed by atoms with Crippen LogP contribution < -0.4 is 10.6 Å². The van der Waals surface area contributed by atoms with Crippen LogP contribution in [-0.4, -0.2) is 20.1 Å². The van der Waals surface area contributed by atoms with Gasteiger partial charge >= 0.3 is 0 Å². The van der Waals surface area contributed by atoms with Crippen molar-refractivity contribution in [1.82, 2.24) is 10.6 Å². The molecule has 0 aliphatic heterocycles. The average molecular weight is 439 g/mol. The lowest BCUT2D eigenvalue weighted by Crippen LogP contribution is -2.38. The van der Waals surface area contributed by atoms with Gasteiger partial charge in [-0.3, -0.25) is 4.99 Å². The fraction of sp³-hybridized carbons (Fsp3) is 0.316. The number of methoxy groups -OCH3 is 1. The smallest absolute Gasteiger partial charge is 0.191 e. The van der Waals surface area contributed by atoms with Crippen molar-refractivity contribution >= 4 is 29.9 Å². The SMILES string of the molecule is CN=C(NCc1cccc(COC)c1)NC(C)c1ccccc1.I. The van der Waals surface area contributed by atoms with Gasteiger partial charge in [0, 0.05) is 20.7 Å². The van der Waals surface area contributed by atoms with E-state index in [1.54, 1.807) is 14.2 Å². The molecule has 5 heteroatoms. The molecule has 4 nitrogen and oxygen atoms in total. The Morgan fingerprint density at radius 1 is 1.08 bits per heavy atom. The Labute approximate surface area is 161 Å². The lowest BCUT2D eigenvalue weighted by molar-refractivity contribution is 0.185. The van der Waals surface area contributed by atoms with Crippen molar-refractivity contribution in [2.45, 2.75) is 26.1 Å². The number of rotatable bonds is 6. The van der Waals surface area contributed by atoms with Crippen LogP contribution in [0.5, 0.6) is 0 Å². The predicted octanol–water partition coefficient (Wildman–Crippen LogP) is 3.88. The Balaban J connectivity index is 0.00000288. The summed E-state index contributed by atoms with van der Waals surface area (Å²) in [6.45, 7) is 3.48. The molecule has 0 heterocycles. The summed E-state index contributed by atoms with van der Waals surface area (Å²) in [6.07, 6.45) is 0. The van der Waals surface area contributed by atoms with Gasteiger partial charge in [-0.1, -0.05) is 54.6 Å². The molecule has 0 aliphatic rings. The van der Waals surface area contributed by atoms with E-state index in [1.807, 2.05) is 24.3 Å². The van der Waals surface area contributed by atoms with E-state index in [2.05, 4.69) is 52.9 Å². The summed E-state index contributed by atoms with van der Waals surface area (Å²) in [6, 6.07) is 18.9. The van der Waals surface area contributed by atoms with E-state index in [0.29, 0.717) is 6.61 Å². The second-order valence-corrected chi connectivity index (χ2v) is 5.46. The first-order valence-corrected chi connectivity index (χ1v) is 7.82. The van der Waals surface area contributed by atoms with Crippen LogP contribution >= 0.6 is 24.0 Å². The Hall–Kier alpha value is -1.60. The number of hydrogen-bond donors (Lipinski definition) is 2. The molecule has 0 aliphatic carbocycles. The highest BCUT2D eigenvalue weighted by Gasteiger charge is 2.07. The number of nitrogens with zero attached hydrogens (tertiary/aromatic N) is 1. The lowest BCUT2D eigenvalue weighted by atomic mass is 10.1. The maximum atomic E-state index is 5.17. The van der Waals surface area contributed by atoms with Crippen LogP contribution in [0.25, 0.3) is 0 Å². The minimum atomic E-state index is 0. The van der Waals surface area contributed by atoms with Crippen molar-refractivity contribution in [3.8, 4) is 0 Å². The Bertz CT molecular complexity index is 632. The van der Waals surface area contributed by atoms with Gasteiger partial charge in [0.1, 0.15) is 0 Å². The number of ether oxygens (including phenoxy) is 1. The van der Waals surface area contributed by atoms with Gasteiger partial charge < -0.3 is 15.4 Å². The monoisotopic (exact) mass is 439 g/mol. The highest BCUT2D eigenvalue weighted by atomic mass is 127. The summed E-state index contributed by atoms with van der Waals surface area (Å²) < 4.78 is 5.17. The summed E-state index contributed by atoms with van der Waals surface area (Å²) in [5, 5.41) is 6.76. The van der Waals surface area contributed by atoms with E-state index >= 15 is 0 Å². The van der Waals surface area contributed by atoms with Crippen LogP contribution in [0.3, 0.4) is 0 Å². The zero-order valence-corrected chi connectivity index (χ0v) is 16.8. The van der Waals surface area contributed by atoms with Crippen LogP contribution in [0.15, 0.2) is 59.6 Å². The molecule has 0 spiro atoms. The highest BCUT2D eigenvalue weighted by molar-refractivity contribution is 14.0. The minimum absolute atomic E-state index is 0. The molecule has 0 saturated heterocycles. The fourth-order valence-corrected chi connectivity index (χ4v) is 2.41. The minimum Gasteiger partial charge on any atom is -0.380 e. The summed E-state index contributed by atoms with van der Waals surface area (Å²) in [7, 11) is 3.50. The predicted molar refractivity (Wildman–Crippen MR) is 111 cm³/mol. The van der Waals surface area contributed by atoms with Gasteiger partial charge in [0.2, 0.25) is 0 Å². The number of nitrogens with one attached hydrogen (secondary N) is 2. The van der Waals surface area contributed by atoms with E-state index in [9.17, 15) is 0 Å². The van der Waals surface area contributed by atoms with Crippen molar-refractivity contribution in [3.63, 3.8) is 0 Å². The van der Waals surface area contributed by atoms with Crippen molar-refractivity contribution in [3.05, 3.63) is 71.3 Å². The Morgan fingerprint density at radius 3 is 2.46 bits per heavy atom. The summed E-state index contributed by atoms with van der Waals surface area (Å²) >= 11 is 0. The van der Waals surface area contributed by atoms with E-state index in [-0.39, 0.29) is 30.0 Å². The molecule has 0 bridgehead atoms. The van der Waals surface area contributed by atoms with Gasteiger partial charge in [-0.15, -0.1) is 24.0 Å². The van der Waals surface area contributed by atoms with Crippen LogP contribution in [0, 0.1) is 0 Å². The molecular weight excluding hydrogens is 413 g/mol. The third kappa shape index (κ3) is 6.49. The molecule has 0 amide bonds. The molecule has 2 aromatic carbocycles. The molecule has 2 N–H and O–H groups in total. The van der Waals surface area contributed by atoms with E-state index < -0.39 is 0 Å². The van der Waals surface area contributed by atoms with Gasteiger partial charge in [0.05, 0.1) is 12.6 Å². The van der Waals surface area contributed by atoms with Crippen molar-refractivity contribution in [1.29, 1.82) is 0 Å². The maximum Gasteiger partial charge on any atom is 0.191 e. The second-order valence-electron chi connectivity index (χ2n) is 5.46. The fourth-order valence-electron chi connectivity index (χ4n) is 2.41. The van der Waals surface area contributed by atoms with Crippen LogP contribution in [0.2, 0.25) is 0 Å². The van der Waals surface area contributed by atoms with Gasteiger partial charge in [-0.05, 0) is 23.6 Å². The number of guanidine groups is 1. The van der Waals surface area contributed by atoms with E-state index in [0.717, 1.165) is 12.5 Å². The van der Waals surface area contributed by atoms with Crippen LogP contribution in [0.4, 0.5) is 0 Å². The summed E-state index contributed by atoms with van der Waals surface area (Å²) in [5.41, 5.74) is 3.61. The molecule has 0 saturated carbocycles. The molecule has 1 atom stereocenters. The number of hydrogen-bond acceptors (Lipinski definition) is 2. The van der Waals surface area contributed by atoms with E-state index in [1.165, 1.54) is 16.7 Å². The second kappa shape index (κ2) is 11.0. The van der Waals surface area contributed by atoms with Gasteiger partial charge in [-0.25, -0.2) is 0 Å². The zero-order valence-electron chi connectivity index (χ0n) is 14.5. The molecule has 2 rings (SSSR count). The first-order valence-electron chi connectivity index (χ1n) is 7.82. The van der Waals surface area contributed by atoms with Crippen LogP contribution in [0.1, 0.15) is 29.7 Å². The quantitative estimate of drug-likeness (QED) is 0.408. The first-order chi connectivity index (χ1) is 11.2. The van der Waals surface area contributed by atoms with Crippen LogP contribution in [-0.2, 0) is 17.9 Å². The standard InChI is InChI=1S/C19H25N3O.HI/c1-15(18-10-5-4-6-11-18)22-19(20-2)21-13-16-8-7-9-17(12-16)14-23-3;/h4-12,15H,13-14H2,1-3H3,(H2,20,21,22);1H. The summed E-state index contributed by atoms with van der Waals surface area (Å²) in [5.74, 6) is 0.790. The highest BCUT2D eigenvalue weighted by Crippen LogP contribution is 2.11. The first kappa shape index (κ1) is 20.4. The maximum absolute atomic E-state index is 5.17. The third-order valence-corrected chi connectivity index (χ3v) is 3.64. The lowest BCUT2D eigenvalue weighted by Gasteiger charge is -2.18. The van der Waals surface area contributed by atoms with Crippen molar-refractivity contribution in [2.75, 3.05) is 14.2 Å². The molecule has 0 aromatic heterocycles. The third-order valence-electron chi connectivity index (χ3n) is 3.64. The molecule has 0 fully saturated rings. The molecule has 24 heavy (non-hydrogen) atoms. The van der Waals surface area contributed by atoms with Crippen molar-refractivity contribution in [2.24, 2.45) is 4.99 Å². The number of aliphatic imine (C=N–C) groups is 1. The number of halogens is 1. The van der Waals surface area contributed by atoms with Gasteiger partial charge in [0.25, 0.3) is 0 Å². The largest absolute Gasteiger partial charge is 0.380 e.